The van der Waals surface area contributed by atoms with E-state index in [4.69, 9.17) is 5.73 Å². The molecule has 1 aromatic carbocycles. The smallest absolute Gasteiger partial charge is 0.314 e. The maximum atomic E-state index is 13.3. The number of amides is 2. The van der Waals surface area contributed by atoms with Gasteiger partial charge in [0.1, 0.15) is 5.82 Å². The predicted molar refractivity (Wildman–Crippen MR) is 126 cm³/mol. The van der Waals surface area contributed by atoms with Gasteiger partial charge in [0.05, 0.1) is 35.0 Å². The van der Waals surface area contributed by atoms with Crippen molar-refractivity contribution in [1.82, 2.24) is 25.0 Å². The van der Waals surface area contributed by atoms with E-state index in [1.54, 1.807) is 11.1 Å². The van der Waals surface area contributed by atoms with E-state index in [0.29, 0.717) is 34.9 Å². The van der Waals surface area contributed by atoms with E-state index in [1.165, 1.54) is 17.3 Å². The van der Waals surface area contributed by atoms with Crippen LogP contribution in [0, 0.1) is 5.92 Å². The molecule has 1 fully saturated rings. The Balaban J connectivity index is 1.39. The lowest BCUT2D eigenvalue weighted by atomic mass is 9.87. The van der Waals surface area contributed by atoms with Crippen LogP contribution in [0.1, 0.15) is 42.5 Å². The number of rotatable bonds is 2. The van der Waals surface area contributed by atoms with E-state index in [9.17, 15) is 9.59 Å². The van der Waals surface area contributed by atoms with Crippen molar-refractivity contribution in [2.45, 2.75) is 38.8 Å². The number of nitrogen functional groups attached to an aromatic ring is 1. The Bertz CT molecular complexity index is 1220. The summed E-state index contributed by atoms with van der Waals surface area (Å²) in [6.45, 7) is 4.65. The van der Waals surface area contributed by atoms with Crippen LogP contribution < -0.4 is 11.1 Å². The maximum absolute atomic E-state index is 13.3. The summed E-state index contributed by atoms with van der Waals surface area (Å²) in [6.07, 6.45) is 5.85. The van der Waals surface area contributed by atoms with Gasteiger partial charge in [-0.15, -0.1) is 0 Å². The average Bonchev–Trinajstić information content (AvgIpc) is 3.31. The van der Waals surface area contributed by atoms with E-state index in [-0.39, 0.29) is 6.04 Å². The highest BCUT2D eigenvalue weighted by Gasteiger charge is 2.35. The molecule has 1 saturated heterocycles. The maximum Gasteiger partial charge on any atom is 0.314 e. The van der Waals surface area contributed by atoms with Gasteiger partial charge in [-0.25, -0.2) is 4.98 Å². The second-order valence-electron chi connectivity index (χ2n) is 9.34. The van der Waals surface area contributed by atoms with Gasteiger partial charge in [0.15, 0.2) is 0 Å². The molecule has 0 spiro atoms. The molecule has 0 bridgehead atoms. The highest BCUT2D eigenvalue weighted by molar-refractivity contribution is 6.40. The topological polar surface area (TPSA) is 120 Å². The largest absolute Gasteiger partial charge is 0.383 e. The molecule has 2 atom stereocenters. The number of piperidine rings is 1. The van der Waals surface area contributed by atoms with Crippen molar-refractivity contribution in [3.63, 3.8) is 0 Å². The second-order valence-corrected chi connectivity index (χ2v) is 9.34. The molecule has 0 radical (unpaired) electrons. The molecule has 0 saturated carbocycles. The van der Waals surface area contributed by atoms with Crippen LogP contribution in [-0.4, -0.2) is 56.9 Å². The number of aromatic amines is 1. The van der Waals surface area contributed by atoms with Crippen molar-refractivity contribution in [2.24, 2.45) is 5.92 Å². The lowest BCUT2D eigenvalue weighted by Crippen LogP contribution is -2.46. The number of anilines is 2. The van der Waals surface area contributed by atoms with Crippen LogP contribution >= 0.6 is 0 Å². The SMILES string of the molecule is C[C@H]1CC[C@H](c2ccc3c(c2)CCN(C)C3)N(C(=O)C(=O)Nc2cnc(N)c3cn[nH]c23)C1. The van der Waals surface area contributed by atoms with Crippen LogP contribution in [0.3, 0.4) is 0 Å². The third-order valence-corrected chi connectivity index (χ3v) is 6.86. The summed E-state index contributed by atoms with van der Waals surface area (Å²) in [5.74, 6) is -0.571. The number of nitrogens with zero attached hydrogens (tertiary/aromatic N) is 4. The molecule has 3 aromatic rings. The van der Waals surface area contributed by atoms with Gasteiger partial charge >= 0.3 is 11.8 Å². The molecular weight excluding hydrogens is 418 g/mol. The lowest BCUT2D eigenvalue weighted by Gasteiger charge is -2.39. The van der Waals surface area contributed by atoms with Gasteiger partial charge in [-0.2, -0.15) is 5.10 Å². The summed E-state index contributed by atoms with van der Waals surface area (Å²) in [4.78, 5) is 34.5. The molecule has 2 amide bonds. The van der Waals surface area contributed by atoms with Crippen LogP contribution in [0.25, 0.3) is 10.9 Å². The van der Waals surface area contributed by atoms with Gasteiger partial charge in [-0.3, -0.25) is 14.7 Å². The number of benzene rings is 1. The molecule has 9 nitrogen and oxygen atoms in total. The van der Waals surface area contributed by atoms with Crippen LogP contribution in [0.5, 0.6) is 0 Å². The number of fused-ring (bicyclic) bond motifs is 2. The van der Waals surface area contributed by atoms with E-state index >= 15 is 0 Å². The number of pyridine rings is 1. The summed E-state index contributed by atoms with van der Waals surface area (Å²) in [5.41, 5.74) is 10.6. The molecule has 0 aliphatic carbocycles. The van der Waals surface area contributed by atoms with Crippen molar-refractivity contribution in [3.05, 3.63) is 47.3 Å². The number of hydrogen-bond donors (Lipinski definition) is 3. The monoisotopic (exact) mass is 447 g/mol. The number of carbonyl (C=O) groups is 2. The second kappa shape index (κ2) is 8.47. The number of nitrogens with one attached hydrogen (secondary N) is 2. The quantitative estimate of drug-likeness (QED) is 0.519. The first-order chi connectivity index (χ1) is 15.9. The number of likely N-dealkylation sites (tertiary alicyclic amines) is 1. The van der Waals surface area contributed by atoms with Gasteiger partial charge in [-0.1, -0.05) is 25.1 Å². The third-order valence-electron chi connectivity index (χ3n) is 6.86. The zero-order chi connectivity index (χ0) is 23.1. The number of likely N-dealkylation sites (N-methyl/N-ethyl adjacent to an activating group) is 1. The summed E-state index contributed by atoms with van der Waals surface area (Å²) in [7, 11) is 2.13. The lowest BCUT2D eigenvalue weighted by molar-refractivity contribution is -0.146. The van der Waals surface area contributed by atoms with Crippen molar-refractivity contribution >= 4 is 34.2 Å². The molecule has 5 rings (SSSR count). The predicted octanol–water partition coefficient (Wildman–Crippen LogP) is 2.47. The molecule has 4 N–H and O–H groups in total. The van der Waals surface area contributed by atoms with Crippen LogP contribution in [0.15, 0.2) is 30.6 Å². The molecule has 2 aliphatic rings. The van der Waals surface area contributed by atoms with Crippen LogP contribution in [-0.2, 0) is 22.6 Å². The Morgan fingerprint density at radius 3 is 2.91 bits per heavy atom. The third kappa shape index (κ3) is 4.04. The summed E-state index contributed by atoms with van der Waals surface area (Å²) >= 11 is 0. The van der Waals surface area contributed by atoms with Gasteiger partial charge in [-0.05, 0) is 48.9 Å². The Kier molecular flexibility index (Phi) is 5.49. The van der Waals surface area contributed by atoms with E-state index in [0.717, 1.165) is 37.9 Å². The molecule has 0 unspecified atom stereocenters. The van der Waals surface area contributed by atoms with Crippen molar-refractivity contribution in [3.8, 4) is 0 Å². The fraction of sp³-hybridized carbons (Fsp3) is 0.417. The molecule has 4 heterocycles. The summed E-state index contributed by atoms with van der Waals surface area (Å²) in [5, 5.41) is 10.1. The zero-order valence-corrected chi connectivity index (χ0v) is 19.0. The van der Waals surface area contributed by atoms with Crippen molar-refractivity contribution < 1.29 is 9.59 Å². The van der Waals surface area contributed by atoms with Crippen molar-refractivity contribution in [2.75, 3.05) is 31.2 Å². The van der Waals surface area contributed by atoms with Gasteiger partial charge < -0.3 is 20.9 Å². The standard InChI is InChI=1S/C24H29N7O2/c1-14-3-6-20(16-4-5-17-13-30(2)8-7-15(17)9-16)31(12-14)24(33)23(32)28-19-11-26-22(25)18-10-27-29-21(18)19/h4-5,9-11,14,20H,3,6-8,12-13H2,1-2H3,(H2,25,26)(H,27,29)(H,28,32)/t14-,20+/m0/s1. The Labute approximate surface area is 192 Å². The van der Waals surface area contributed by atoms with Crippen molar-refractivity contribution in [1.29, 1.82) is 0 Å². The molecular formula is C24H29N7O2. The van der Waals surface area contributed by atoms with Gasteiger partial charge in [0.25, 0.3) is 0 Å². The van der Waals surface area contributed by atoms with Crippen LogP contribution in [0.2, 0.25) is 0 Å². The first-order valence-electron chi connectivity index (χ1n) is 11.4. The number of carbonyl (C=O) groups excluding carboxylic acids is 2. The number of nitrogens with two attached hydrogens (primary N) is 1. The molecule has 2 aromatic heterocycles. The highest BCUT2D eigenvalue weighted by atomic mass is 16.2. The van der Waals surface area contributed by atoms with E-state index in [1.807, 2.05) is 0 Å². The highest BCUT2D eigenvalue weighted by Crippen LogP contribution is 2.35. The molecule has 9 heteroatoms. The zero-order valence-electron chi connectivity index (χ0n) is 19.0. The molecule has 172 valence electrons. The van der Waals surface area contributed by atoms with Gasteiger partial charge in [0.2, 0.25) is 0 Å². The molecule has 2 aliphatic heterocycles. The normalized spacial score (nSPS) is 21.1. The first kappa shape index (κ1) is 21.4. The van der Waals surface area contributed by atoms with Crippen LogP contribution in [0.4, 0.5) is 11.5 Å². The number of aromatic nitrogens is 3. The van der Waals surface area contributed by atoms with Gasteiger partial charge in [0, 0.05) is 19.6 Å². The minimum absolute atomic E-state index is 0.110. The summed E-state index contributed by atoms with van der Waals surface area (Å²) in [6, 6.07) is 6.42. The molecule has 33 heavy (non-hydrogen) atoms. The number of H-pyrrole nitrogens is 1. The van der Waals surface area contributed by atoms with E-state index < -0.39 is 11.8 Å². The first-order valence-corrected chi connectivity index (χ1v) is 11.4. The summed E-state index contributed by atoms with van der Waals surface area (Å²) < 4.78 is 0. The average molecular weight is 448 g/mol. The Hall–Kier alpha value is -3.46. The minimum atomic E-state index is -0.684. The Morgan fingerprint density at radius 2 is 2.06 bits per heavy atom. The number of hydrogen-bond acceptors (Lipinski definition) is 6. The minimum Gasteiger partial charge on any atom is -0.383 e. The fourth-order valence-electron chi connectivity index (χ4n) is 5.00. The fourth-order valence-corrected chi connectivity index (χ4v) is 5.00. The van der Waals surface area contributed by atoms with E-state index in [2.05, 4.69) is 57.6 Å². The Morgan fingerprint density at radius 1 is 1.21 bits per heavy atom.